The van der Waals surface area contributed by atoms with Crippen LogP contribution in [0.1, 0.15) is 11.1 Å². The molecule has 3 N–H and O–H groups in total. The Bertz CT molecular complexity index is 1200. The van der Waals surface area contributed by atoms with Crippen molar-refractivity contribution in [2.75, 3.05) is 25.9 Å². The number of ether oxygens (including phenoxy) is 1. The van der Waals surface area contributed by atoms with Crippen LogP contribution in [0.5, 0.6) is 5.75 Å². The number of nitrogen functional groups attached to an aromatic ring is 1. The predicted octanol–water partition coefficient (Wildman–Crippen LogP) is 3.34. The van der Waals surface area contributed by atoms with Gasteiger partial charge in [-0.3, -0.25) is 10.00 Å². The third kappa shape index (κ3) is 3.72. The van der Waals surface area contributed by atoms with Crippen molar-refractivity contribution in [3.63, 3.8) is 0 Å². The summed E-state index contributed by atoms with van der Waals surface area (Å²) >= 11 is 3.70. The molecule has 4 heterocycles. The Balaban J connectivity index is 1.28. The molecule has 0 bridgehead atoms. The highest BCUT2D eigenvalue weighted by atomic mass is 79.9. The number of methoxy groups -OCH3 is 1. The summed E-state index contributed by atoms with van der Waals surface area (Å²) in [7, 11) is 1.69. The Labute approximate surface area is 187 Å². The molecule has 0 saturated heterocycles. The Morgan fingerprint density at radius 3 is 3.00 bits per heavy atom. The molecule has 0 radical (unpaired) electrons. The Kier molecular flexibility index (Phi) is 5.24. The van der Waals surface area contributed by atoms with E-state index in [-0.39, 0.29) is 0 Å². The zero-order valence-electron chi connectivity index (χ0n) is 17.0. The summed E-state index contributed by atoms with van der Waals surface area (Å²) in [6, 6.07) is 7.78. The highest BCUT2D eigenvalue weighted by Gasteiger charge is 2.21. The second-order valence-corrected chi connectivity index (χ2v) is 8.19. The minimum atomic E-state index is 0.486. The molecule has 0 spiro atoms. The maximum absolute atomic E-state index is 6.36. The van der Waals surface area contributed by atoms with Gasteiger partial charge in [-0.25, -0.2) is 9.67 Å². The Hall–Kier alpha value is -3.11. The fourth-order valence-corrected chi connectivity index (χ4v) is 4.54. The summed E-state index contributed by atoms with van der Waals surface area (Å²) < 4.78 is 13.6. The fourth-order valence-electron chi connectivity index (χ4n) is 3.86. The molecule has 31 heavy (non-hydrogen) atoms. The topological polar surface area (TPSA) is 111 Å². The van der Waals surface area contributed by atoms with Gasteiger partial charge < -0.3 is 14.9 Å². The van der Waals surface area contributed by atoms with Crippen LogP contribution in [0.3, 0.4) is 0 Å². The van der Waals surface area contributed by atoms with Crippen molar-refractivity contribution in [1.29, 1.82) is 0 Å². The van der Waals surface area contributed by atoms with Gasteiger partial charge in [0.2, 0.25) is 5.82 Å². The molecular formula is C21H22BrN7O2. The predicted molar refractivity (Wildman–Crippen MR) is 119 cm³/mol. The normalized spacial score (nSPS) is 14.0. The molecule has 3 aromatic heterocycles. The third-order valence-electron chi connectivity index (χ3n) is 5.59. The van der Waals surface area contributed by atoms with Crippen molar-refractivity contribution in [1.82, 2.24) is 29.9 Å². The molecule has 1 aliphatic rings. The quantitative estimate of drug-likeness (QED) is 0.432. The van der Waals surface area contributed by atoms with Gasteiger partial charge in [0.15, 0.2) is 11.6 Å². The first kappa shape index (κ1) is 19.8. The summed E-state index contributed by atoms with van der Waals surface area (Å²) in [5, 5.41) is 11.6. The lowest BCUT2D eigenvalue weighted by molar-refractivity contribution is 0.239. The number of aromatic amines is 1. The molecular weight excluding hydrogens is 462 g/mol. The number of nitrogens with one attached hydrogen (secondary N) is 1. The first-order chi connectivity index (χ1) is 15.1. The van der Waals surface area contributed by atoms with Crippen LogP contribution >= 0.6 is 15.9 Å². The minimum absolute atomic E-state index is 0.486. The highest BCUT2D eigenvalue weighted by molar-refractivity contribution is 9.10. The van der Waals surface area contributed by atoms with Crippen LogP contribution in [-0.2, 0) is 19.5 Å². The molecule has 160 valence electrons. The molecule has 9 nitrogen and oxygen atoms in total. The zero-order chi connectivity index (χ0) is 21.4. The van der Waals surface area contributed by atoms with Crippen LogP contribution < -0.4 is 10.5 Å². The average Bonchev–Trinajstić information content (AvgIpc) is 3.54. The van der Waals surface area contributed by atoms with Crippen LogP contribution in [0.2, 0.25) is 0 Å². The van der Waals surface area contributed by atoms with E-state index in [0.29, 0.717) is 29.8 Å². The van der Waals surface area contributed by atoms with Crippen LogP contribution in [0.15, 0.2) is 45.6 Å². The highest BCUT2D eigenvalue weighted by Crippen LogP contribution is 2.34. The van der Waals surface area contributed by atoms with Gasteiger partial charge in [0.05, 0.1) is 36.2 Å². The van der Waals surface area contributed by atoms with Crippen molar-refractivity contribution < 1.29 is 9.15 Å². The number of hydrogen-bond donors (Lipinski definition) is 2. The van der Waals surface area contributed by atoms with Gasteiger partial charge >= 0.3 is 0 Å². The number of furan rings is 1. The molecule has 0 saturated carbocycles. The summed E-state index contributed by atoms with van der Waals surface area (Å²) in [6.07, 6.45) is 4.31. The molecule has 4 aromatic rings. The van der Waals surface area contributed by atoms with Gasteiger partial charge in [-0.05, 0) is 51.7 Å². The van der Waals surface area contributed by atoms with E-state index >= 15 is 0 Å². The van der Waals surface area contributed by atoms with E-state index in [1.807, 2.05) is 12.1 Å². The zero-order valence-corrected chi connectivity index (χ0v) is 18.6. The van der Waals surface area contributed by atoms with Gasteiger partial charge in [0.25, 0.3) is 0 Å². The molecule has 0 amide bonds. The summed E-state index contributed by atoms with van der Waals surface area (Å²) in [6.45, 7) is 3.37. The maximum Gasteiger partial charge on any atom is 0.217 e. The van der Waals surface area contributed by atoms with Crippen LogP contribution in [0, 0.1) is 0 Å². The second-order valence-electron chi connectivity index (χ2n) is 7.40. The summed E-state index contributed by atoms with van der Waals surface area (Å²) in [5.41, 5.74) is 9.74. The number of anilines is 1. The lowest BCUT2D eigenvalue weighted by Gasteiger charge is -2.30. The van der Waals surface area contributed by atoms with Gasteiger partial charge in [0, 0.05) is 19.6 Å². The molecule has 5 rings (SSSR count). The number of nitrogens with two attached hydrogens (primary N) is 1. The number of hydrogen-bond acceptors (Lipinski definition) is 7. The number of aromatic nitrogens is 5. The Morgan fingerprint density at radius 2 is 2.19 bits per heavy atom. The van der Waals surface area contributed by atoms with Gasteiger partial charge in [-0.1, -0.05) is 6.07 Å². The molecule has 0 atom stereocenters. The molecule has 0 fully saturated rings. The first-order valence-corrected chi connectivity index (χ1v) is 10.8. The van der Waals surface area contributed by atoms with E-state index in [9.17, 15) is 0 Å². The summed E-state index contributed by atoms with van der Waals surface area (Å²) in [4.78, 5) is 6.88. The summed E-state index contributed by atoms with van der Waals surface area (Å²) in [5.74, 6) is 3.07. The molecule has 0 unspecified atom stereocenters. The number of fused-ring (bicyclic) bond motifs is 1. The fraction of sp³-hybridized carbons (Fsp3) is 0.286. The largest absolute Gasteiger partial charge is 0.496 e. The number of H-pyrrole nitrogens is 1. The van der Waals surface area contributed by atoms with Crippen molar-refractivity contribution >= 4 is 21.7 Å². The average molecular weight is 484 g/mol. The lowest BCUT2D eigenvalue weighted by atomic mass is 9.99. The van der Waals surface area contributed by atoms with Crippen molar-refractivity contribution in [3.05, 3.63) is 52.3 Å². The smallest absolute Gasteiger partial charge is 0.217 e. The van der Waals surface area contributed by atoms with Crippen molar-refractivity contribution in [2.24, 2.45) is 0 Å². The van der Waals surface area contributed by atoms with Gasteiger partial charge in [-0.2, -0.15) is 5.10 Å². The Morgan fingerprint density at radius 1 is 1.29 bits per heavy atom. The van der Waals surface area contributed by atoms with Crippen molar-refractivity contribution in [2.45, 2.75) is 19.5 Å². The maximum atomic E-state index is 6.36. The van der Waals surface area contributed by atoms with E-state index in [2.05, 4.69) is 47.2 Å². The monoisotopic (exact) mass is 483 g/mol. The SMILES string of the molecule is COc1ccc2c(c1Br)CN(CCn1ncc(-c3nc(-c4ccco4)n[nH]3)c1N)CC2. The molecule has 0 aliphatic carbocycles. The minimum Gasteiger partial charge on any atom is -0.496 e. The third-order valence-corrected chi connectivity index (χ3v) is 6.46. The second kappa shape index (κ2) is 8.20. The molecule has 10 heteroatoms. The van der Waals surface area contributed by atoms with E-state index in [0.717, 1.165) is 41.8 Å². The number of nitrogens with zero attached hydrogens (tertiary/aromatic N) is 5. The van der Waals surface area contributed by atoms with E-state index in [1.165, 1.54) is 11.1 Å². The number of halogens is 1. The molecule has 1 aliphatic heterocycles. The lowest BCUT2D eigenvalue weighted by Crippen LogP contribution is -2.33. The van der Waals surface area contributed by atoms with E-state index in [1.54, 1.807) is 30.3 Å². The number of benzene rings is 1. The van der Waals surface area contributed by atoms with Gasteiger partial charge in [-0.15, -0.1) is 5.10 Å². The van der Waals surface area contributed by atoms with Crippen LogP contribution in [0.4, 0.5) is 5.82 Å². The van der Waals surface area contributed by atoms with Gasteiger partial charge in [0.1, 0.15) is 11.6 Å². The van der Waals surface area contributed by atoms with E-state index < -0.39 is 0 Å². The van der Waals surface area contributed by atoms with Crippen LogP contribution in [0.25, 0.3) is 23.0 Å². The first-order valence-electron chi connectivity index (χ1n) is 9.98. The van der Waals surface area contributed by atoms with E-state index in [4.69, 9.17) is 14.9 Å². The van der Waals surface area contributed by atoms with Crippen molar-refractivity contribution in [3.8, 4) is 28.7 Å². The number of rotatable bonds is 6. The standard InChI is InChI=1S/C21H22BrN7O2/c1-30-16-5-4-13-6-7-28(12-15(13)18(16)22)8-9-29-19(23)14(11-24-29)20-25-21(27-26-20)17-3-2-10-31-17/h2-5,10-11H,6-9,12,23H2,1H3,(H,25,26,27). The van der Waals surface area contributed by atoms with Crippen LogP contribution in [-0.4, -0.2) is 50.1 Å². The molecule has 1 aromatic carbocycles.